The summed E-state index contributed by atoms with van der Waals surface area (Å²) in [6, 6.07) is 0. The maximum atomic E-state index is 11.7. The first-order valence-corrected chi connectivity index (χ1v) is 5.26. The Morgan fingerprint density at radius 1 is 1.53 bits per heavy atom. The van der Waals surface area contributed by atoms with E-state index >= 15 is 0 Å². The maximum Gasteiger partial charge on any atom is 0.225 e. The predicted octanol–water partition coefficient (Wildman–Crippen LogP) is 1.66. The monoisotopic (exact) mass is 208 g/mol. The molecule has 0 N–H and O–H groups in total. The van der Waals surface area contributed by atoms with E-state index in [2.05, 4.69) is 5.16 Å². The predicted molar refractivity (Wildman–Crippen MR) is 55.2 cm³/mol. The van der Waals surface area contributed by atoms with Crippen molar-refractivity contribution in [3.05, 3.63) is 17.0 Å². The summed E-state index contributed by atoms with van der Waals surface area (Å²) in [5.74, 6) is 1.33. The Bertz CT molecular complexity index is 360. The van der Waals surface area contributed by atoms with Crippen molar-refractivity contribution in [3.8, 4) is 0 Å². The second-order valence-electron chi connectivity index (χ2n) is 4.27. The number of amides is 1. The van der Waals surface area contributed by atoms with Crippen LogP contribution in [0.2, 0.25) is 0 Å². The zero-order valence-corrected chi connectivity index (χ0v) is 9.41. The van der Waals surface area contributed by atoms with Crippen molar-refractivity contribution in [2.24, 2.45) is 5.92 Å². The smallest absolute Gasteiger partial charge is 0.225 e. The first-order chi connectivity index (χ1) is 7.09. The van der Waals surface area contributed by atoms with Gasteiger partial charge in [0.1, 0.15) is 5.76 Å². The molecule has 1 aliphatic carbocycles. The molecule has 2 rings (SSSR count). The first-order valence-electron chi connectivity index (χ1n) is 5.26. The average Bonchev–Trinajstić information content (AvgIpc) is 3.00. The van der Waals surface area contributed by atoms with Crippen molar-refractivity contribution in [2.75, 3.05) is 7.05 Å². The fraction of sp³-hybridized carbons (Fsp3) is 0.636. The third-order valence-corrected chi connectivity index (χ3v) is 2.88. The van der Waals surface area contributed by atoms with Gasteiger partial charge in [0.2, 0.25) is 5.91 Å². The molecule has 0 bridgehead atoms. The molecule has 1 aromatic heterocycles. The first kappa shape index (κ1) is 10.2. The van der Waals surface area contributed by atoms with Crippen LogP contribution < -0.4 is 0 Å². The van der Waals surface area contributed by atoms with Gasteiger partial charge >= 0.3 is 0 Å². The van der Waals surface area contributed by atoms with Crippen molar-refractivity contribution in [2.45, 2.75) is 33.2 Å². The molecule has 0 spiro atoms. The number of nitrogens with zero attached hydrogens (tertiary/aromatic N) is 2. The topological polar surface area (TPSA) is 46.3 Å². The normalized spacial score (nSPS) is 15.4. The highest BCUT2D eigenvalue weighted by molar-refractivity contribution is 5.80. The molecule has 1 aromatic rings. The van der Waals surface area contributed by atoms with Crippen molar-refractivity contribution in [1.82, 2.24) is 10.1 Å². The number of hydrogen-bond acceptors (Lipinski definition) is 3. The van der Waals surface area contributed by atoms with Gasteiger partial charge in [-0.2, -0.15) is 0 Å². The summed E-state index contributed by atoms with van der Waals surface area (Å²) in [6.07, 6.45) is 2.09. The van der Waals surface area contributed by atoms with Gasteiger partial charge in [-0.05, 0) is 26.7 Å². The molecule has 1 aliphatic rings. The SMILES string of the molecule is Cc1noc(C)c1CN(C)C(=O)C1CC1. The molecule has 0 unspecified atom stereocenters. The Morgan fingerprint density at radius 3 is 2.67 bits per heavy atom. The molecule has 1 amide bonds. The van der Waals surface area contributed by atoms with Gasteiger partial charge in [0, 0.05) is 18.5 Å². The maximum absolute atomic E-state index is 11.7. The lowest BCUT2D eigenvalue weighted by molar-refractivity contribution is -0.131. The summed E-state index contributed by atoms with van der Waals surface area (Å²) in [5, 5.41) is 3.88. The molecule has 1 saturated carbocycles. The lowest BCUT2D eigenvalue weighted by Gasteiger charge is -2.16. The van der Waals surface area contributed by atoms with Crippen LogP contribution in [-0.2, 0) is 11.3 Å². The number of aryl methyl sites for hydroxylation is 2. The zero-order valence-electron chi connectivity index (χ0n) is 9.41. The zero-order chi connectivity index (χ0) is 11.0. The summed E-state index contributed by atoms with van der Waals surface area (Å²) in [4.78, 5) is 13.5. The molecule has 82 valence electrons. The third kappa shape index (κ3) is 2.03. The van der Waals surface area contributed by atoms with E-state index in [9.17, 15) is 4.79 Å². The second kappa shape index (κ2) is 3.68. The Kier molecular flexibility index (Phi) is 2.50. The molecule has 0 radical (unpaired) electrons. The van der Waals surface area contributed by atoms with Gasteiger partial charge in [0.15, 0.2) is 0 Å². The van der Waals surface area contributed by atoms with Crippen LogP contribution >= 0.6 is 0 Å². The number of aromatic nitrogens is 1. The van der Waals surface area contributed by atoms with Gasteiger partial charge in [-0.15, -0.1) is 0 Å². The Balaban J connectivity index is 2.04. The van der Waals surface area contributed by atoms with Gasteiger partial charge in [-0.25, -0.2) is 0 Å². The molecule has 1 fully saturated rings. The van der Waals surface area contributed by atoms with Gasteiger partial charge in [0.05, 0.1) is 12.2 Å². The molecule has 0 saturated heterocycles. The minimum Gasteiger partial charge on any atom is -0.361 e. The molecule has 1 heterocycles. The van der Waals surface area contributed by atoms with Crippen molar-refractivity contribution < 1.29 is 9.32 Å². The van der Waals surface area contributed by atoms with Crippen LogP contribution in [0.1, 0.15) is 29.9 Å². The van der Waals surface area contributed by atoms with Crippen molar-refractivity contribution >= 4 is 5.91 Å². The van der Waals surface area contributed by atoms with E-state index in [1.54, 1.807) is 4.90 Å². The van der Waals surface area contributed by atoms with Gasteiger partial charge in [-0.3, -0.25) is 4.79 Å². The highest BCUT2D eigenvalue weighted by Gasteiger charge is 2.32. The number of rotatable bonds is 3. The lowest BCUT2D eigenvalue weighted by Crippen LogP contribution is -2.27. The molecule has 0 aliphatic heterocycles. The van der Waals surface area contributed by atoms with E-state index in [-0.39, 0.29) is 11.8 Å². The summed E-state index contributed by atoms with van der Waals surface area (Å²) >= 11 is 0. The van der Waals surface area contributed by atoms with E-state index in [0.29, 0.717) is 6.54 Å². The number of carbonyl (C=O) groups is 1. The molecular weight excluding hydrogens is 192 g/mol. The molecule has 0 aromatic carbocycles. The van der Waals surface area contributed by atoms with E-state index < -0.39 is 0 Å². The van der Waals surface area contributed by atoms with Gasteiger partial charge < -0.3 is 9.42 Å². The second-order valence-corrected chi connectivity index (χ2v) is 4.27. The van der Waals surface area contributed by atoms with E-state index in [1.165, 1.54) is 0 Å². The summed E-state index contributed by atoms with van der Waals surface area (Å²) in [5.41, 5.74) is 1.91. The van der Waals surface area contributed by atoms with Crippen LogP contribution in [0.5, 0.6) is 0 Å². The fourth-order valence-electron chi connectivity index (χ4n) is 1.68. The average molecular weight is 208 g/mol. The molecule has 15 heavy (non-hydrogen) atoms. The standard InChI is InChI=1S/C11H16N2O2/c1-7-10(8(2)15-12-7)6-13(3)11(14)9-4-5-9/h9H,4-6H2,1-3H3. The molecule has 0 atom stereocenters. The summed E-state index contributed by atoms with van der Waals surface area (Å²) in [7, 11) is 1.84. The Morgan fingerprint density at radius 2 is 2.20 bits per heavy atom. The largest absolute Gasteiger partial charge is 0.361 e. The minimum atomic E-state index is 0.245. The van der Waals surface area contributed by atoms with Crippen molar-refractivity contribution in [1.29, 1.82) is 0 Å². The number of hydrogen-bond donors (Lipinski definition) is 0. The van der Waals surface area contributed by atoms with Crippen LogP contribution in [0.15, 0.2) is 4.52 Å². The van der Waals surface area contributed by atoms with Crippen LogP contribution in [0.3, 0.4) is 0 Å². The Hall–Kier alpha value is -1.32. The molecule has 4 heteroatoms. The fourth-order valence-corrected chi connectivity index (χ4v) is 1.68. The van der Waals surface area contributed by atoms with E-state index in [0.717, 1.165) is 29.9 Å². The van der Waals surface area contributed by atoms with Gasteiger partial charge in [-0.1, -0.05) is 5.16 Å². The van der Waals surface area contributed by atoms with Crippen LogP contribution in [0.4, 0.5) is 0 Å². The van der Waals surface area contributed by atoms with E-state index in [1.807, 2.05) is 20.9 Å². The summed E-state index contributed by atoms with van der Waals surface area (Å²) < 4.78 is 5.06. The van der Waals surface area contributed by atoms with Gasteiger partial charge in [0.25, 0.3) is 0 Å². The Labute approximate surface area is 89.2 Å². The summed E-state index contributed by atoms with van der Waals surface area (Å²) in [6.45, 7) is 4.39. The number of carbonyl (C=O) groups excluding carboxylic acids is 1. The highest BCUT2D eigenvalue weighted by atomic mass is 16.5. The molecular formula is C11H16N2O2. The quantitative estimate of drug-likeness (QED) is 0.759. The van der Waals surface area contributed by atoms with E-state index in [4.69, 9.17) is 4.52 Å². The lowest BCUT2D eigenvalue weighted by atomic mass is 10.2. The minimum absolute atomic E-state index is 0.245. The van der Waals surface area contributed by atoms with Crippen molar-refractivity contribution in [3.63, 3.8) is 0 Å². The third-order valence-electron chi connectivity index (χ3n) is 2.88. The van der Waals surface area contributed by atoms with Crippen LogP contribution in [-0.4, -0.2) is 23.0 Å². The van der Waals surface area contributed by atoms with Crippen LogP contribution in [0, 0.1) is 19.8 Å². The molecule has 4 nitrogen and oxygen atoms in total. The van der Waals surface area contributed by atoms with Crippen LogP contribution in [0.25, 0.3) is 0 Å². The highest BCUT2D eigenvalue weighted by Crippen LogP contribution is 2.31.